The molecule has 1 amide bonds. The van der Waals surface area contributed by atoms with Crippen LogP contribution in [0.25, 0.3) is 0 Å². The minimum absolute atomic E-state index is 0.335. The predicted molar refractivity (Wildman–Crippen MR) is 73.3 cm³/mol. The van der Waals surface area contributed by atoms with Gasteiger partial charge >= 0.3 is 0 Å². The second-order valence-corrected chi connectivity index (χ2v) is 5.01. The van der Waals surface area contributed by atoms with E-state index in [0.29, 0.717) is 6.42 Å². The predicted octanol–water partition coefficient (Wildman–Crippen LogP) is 3.74. The summed E-state index contributed by atoms with van der Waals surface area (Å²) in [6.07, 6.45) is 0.335. The van der Waals surface area contributed by atoms with Gasteiger partial charge in [0.2, 0.25) is 5.82 Å². The summed E-state index contributed by atoms with van der Waals surface area (Å²) in [6, 6.07) is 8.32. The highest BCUT2D eigenvalue weighted by Crippen LogP contribution is 2.23. The molecule has 2 rings (SSSR count). The molecule has 122 valence electrons. The van der Waals surface area contributed by atoms with Gasteiger partial charge in [-0.15, -0.1) is 0 Å². The largest absolute Gasteiger partial charge is 0.349 e. The van der Waals surface area contributed by atoms with Crippen LogP contribution >= 0.6 is 0 Å². The molecule has 1 unspecified atom stereocenters. The average molecular weight is 329 g/mol. The lowest BCUT2D eigenvalue weighted by Crippen LogP contribution is -2.35. The summed E-state index contributed by atoms with van der Waals surface area (Å²) in [5.74, 6) is -12.2. The molecule has 1 atom stereocenters. The highest BCUT2D eigenvalue weighted by molar-refractivity contribution is 5.95. The van der Waals surface area contributed by atoms with Crippen LogP contribution in [-0.2, 0) is 6.42 Å². The van der Waals surface area contributed by atoms with Crippen molar-refractivity contribution in [3.05, 3.63) is 70.5 Å². The molecular weight excluding hydrogens is 317 g/mol. The Bertz CT molecular complexity index is 704. The molecule has 0 aromatic heterocycles. The Kier molecular flexibility index (Phi) is 4.98. The Morgan fingerprint density at radius 2 is 1.39 bits per heavy atom. The van der Waals surface area contributed by atoms with Crippen LogP contribution in [0.4, 0.5) is 22.0 Å². The zero-order valence-electron chi connectivity index (χ0n) is 12.0. The molecule has 2 aromatic carbocycles. The summed E-state index contributed by atoms with van der Waals surface area (Å²) in [5, 5.41) is 2.23. The van der Waals surface area contributed by atoms with Crippen LogP contribution in [0.1, 0.15) is 22.8 Å². The van der Waals surface area contributed by atoms with Crippen molar-refractivity contribution in [1.29, 1.82) is 0 Å². The second-order valence-electron chi connectivity index (χ2n) is 5.01. The van der Waals surface area contributed by atoms with Crippen molar-refractivity contribution in [2.24, 2.45) is 0 Å². The lowest BCUT2D eigenvalue weighted by atomic mass is 10.1. The SMILES string of the molecule is CC(Cc1ccccc1)NC(=O)c1c(F)c(F)c(F)c(F)c1F. The van der Waals surface area contributed by atoms with Crippen LogP contribution in [0.15, 0.2) is 30.3 Å². The number of amides is 1. The first-order chi connectivity index (χ1) is 10.8. The fourth-order valence-electron chi connectivity index (χ4n) is 2.12. The van der Waals surface area contributed by atoms with Gasteiger partial charge in [0.1, 0.15) is 5.56 Å². The highest BCUT2D eigenvalue weighted by atomic mass is 19.2. The summed E-state index contributed by atoms with van der Waals surface area (Å²) in [4.78, 5) is 11.9. The van der Waals surface area contributed by atoms with Gasteiger partial charge in [-0.3, -0.25) is 4.79 Å². The number of benzene rings is 2. The lowest BCUT2D eigenvalue weighted by molar-refractivity contribution is 0.0928. The second kappa shape index (κ2) is 6.76. The van der Waals surface area contributed by atoms with Crippen LogP contribution in [0.5, 0.6) is 0 Å². The van der Waals surface area contributed by atoms with Gasteiger partial charge in [-0.25, -0.2) is 22.0 Å². The van der Waals surface area contributed by atoms with E-state index in [2.05, 4.69) is 5.32 Å². The van der Waals surface area contributed by atoms with Gasteiger partial charge in [0.05, 0.1) is 0 Å². The molecule has 0 saturated carbocycles. The summed E-state index contributed by atoms with van der Waals surface area (Å²) in [5.41, 5.74) is -0.640. The fraction of sp³-hybridized carbons (Fsp3) is 0.188. The van der Waals surface area contributed by atoms with Gasteiger partial charge in [0.25, 0.3) is 5.91 Å². The van der Waals surface area contributed by atoms with E-state index in [1.807, 2.05) is 0 Å². The van der Waals surface area contributed by atoms with Gasteiger partial charge in [-0.1, -0.05) is 30.3 Å². The van der Waals surface area contributed by atoms with Gasteiger partial charge in [-0.2, -0.15) is 0 Å². The quantitative estimate of drug-likeness (QED) is 0.517. The first-order valence-electron chi connectivity index (χ1n) is 6.69. The van der Waals surface area contributed by atoms with Crippen LogP contribution in [0.3, 0.4) is 0 Å². The summed E-state index contributed by atoms with van der Waals surface area (Å²) >= 11 is 0. The van der Waals surface area contributed by atoms with Crippen LogP contribution in [0, 0.1) is 29.1 Å². The maximum absolute atomic E-state index is 13.5. The van der Waals surface area contributed by atoms with Crippen LogP contribution in [0.2, 0.25) is 0 Å². The molecule has 0 radical (unpaired) electrons. The highest BCUT2D eigenvalue weighted by Gasteiger charge is 2.30. The first-order valence-corrected chi connectivity index (χ1v) is 6.69. The van der Waals surface area contributed by atoms with Crippen molar-refractivity contribution in [2.75, 3.05) is 0 Å². The molecule has 1 N–H and O–H groups in total. The maximum atomic E-state index is 13.5. The Balaban J connectivity index is 2.21. The summed E-state index contributed by atoms with van der Waals surface area (Å²) in [6.45, 7) is 1.55. The maximum Gasteiger partial charge on any atom is 0.257 e. The van der Waals surface area contributed by atoms with E-state index in [1.165, 1.54) is 0 Å². The number of carbonyl (C=O) groups excluding carboxylic acids is 1. The minimum atomic E-state index is -2.30. The minimum Gasteiger partial charge on any atom is -0.349 e. The molecule has 0 heterocycles. The zero-order chi connectivity index (χ0) is 17.1. The molecular formula is C16H12F5NO. The number of nitrogens with one attached hydrogen (secondary N) is 1. The van der Waals surface area contributed by atoms with E-state index < -0.39 is 46.6 Å². The number of hydrogen-bond donors (Lipinski definition) is 1. The molecule has 0 spiro atoms. The van der Waals surface area contributed by atoms with E-state index in [-0.39, 0.29) is 0 Å². The molecule has 2 aromatic rings. The molecule has 0 saturated heterocycles. The Morgan fingerprint density at radius 3 is 1.91 bits per heavy atom. The van der Waals surface area contributed by atoms with Gasteiger partial charge in [0.15, 0.2) is 23.3 Å². The smallest absolute Gasteiger partial charge is 0.257 e. The van der Waals surface area contributed by atoms with Gasteiger partial charge in [-0.05, 0) is 18.9 Å². The van der Waals surface area contributed by atoms with Crippen molar-refractivity contribution in [3.63, 3.8) is 0 Å². The summed E-state index contributed by atoms with van der Waals surface area (Å²) in [7, 11) is 0. The molecule has 7 heteroatoms. The zero-order valence-corrected chi connectivity index (χ0v) is 12.0. The van der Waals surface area contributed by atoms with Gasteiger partial charge < -0.3 is 5.32 Å². The number of carbonyl (C=O) groups is 1. The normalized spacial score (nSPS) is 12.1. The van der Waals surface area contributed by atoms with Crippen molar-refractivity contribution in [2.45, 2.75) is 19.4 Å². The van der Waals surface area contributed by atoms with Crippen molar-refractivity contribution < 1.29 is 26.7 Å². The Labute approximate surface area is 128 Å². The number of rotatable bonds is 4. The molecule has 0 aliphatic rings. The van der Waals surface area contributed by atoms with E-state index in [0.717, 1.165) is 5.56 Å². The third kappa shape index (κ3) is 3.49. The van der Waals surface area contributed by atoms with Crippen molar-refractivity contribution in [1.82, 2.24) is 5.32 Å². The molecule has 0 fully saturated rings. The topological polar surface area (TPSA) is 29.1 Å². The van der Waals surface area contributed by atoms with Crippen LogP contribution in [-0.4, -0.2) is 11.9 Å². The average Bonchev–Trinajstić information content (AvgIpc) is 2.52. The molecule has 0 aliphatic carbocycles. The summed E-state index contributed by atoms with van der Waals surface area (Å²) < 4.78 is 66.3. The molecule has 0 bridgehead atoms. The number of halogens is 5. The fourth-order valence-corrected chi connectivity index (χ4v) is 2.12. The van der Waals surface area contributed by atoms with Crippen LogP contribution < -0.4 is 5.32 Å². The van der Waals surface area contributed by atoms with Crippen molar-refractivity contribution in [3.8, 4) is 0 Å². The molecule has 23 heavy (non-hydrogen) atoms. The van der Waals surface area contributed by atoms with E-state index >= 15 is 0 Å². The monoisotopic (exact) mass is 329 g/mol. The van der Waals surface area contributed by atoms with E-state index in [1.54, 1.807) is 37.3 Å². The Morgan fingerprint density at radius 1 is 0.913 bits per heavy atom. The van der Waals surface area contributed by atoms with E-state index in [9.17, 15) is 26.7 Å². The Hall–Kier alpha value is -2.44. The van der Waals surface area contributed by atoms with Crippen molar-refractivity contribution >= 4 is 5.91 Å². The standard InChI is InChI=1S/C16H12F5NO/c1-8(7-9-5-3-2-4-6-9)22-16(23)10-11(17)13(19)15(21)14(20)12(10)18/h2-6,8H,7H2,1H3,(H,22,23). The first kappa shape index (κ1) is 16.9. The third-order valence-corrected chi connectivity index (χ3v) is 3.20. The number of hydrogen-bond acceptors (Lipinski definition) is 1. The molecule has 2 nitrogen and oxygen atoms in total. The van der Waals surface area contributed by atoms with Gasteiger partial charge in [0, 0.05) is 6.04 Å². The third-order valence-electron chi connectivity index (χ3n) is 3.20. The van der Waals surface area contributed by atoms with E-state index in [4.69, 9.17) is 0 Å². The molecule has 0 aliphatic heterocycles. The lowest BCUT2D eigenvalue weighted by Gasteiger charge is -2.15.